The molecular weight excluding hydrogens is 428 g/mol. The summed E-state index contributed by atoms with van der Waals surface area (Å²) in [6, 6.07) is 0. The third-order valence-electron chi connectivity index (χ3n) is 11.0. The van der Waals surface area contributed by atoms with Gasteiger partial charge in [-0.15, -0.1) is 6.58 Å². The van der Waals surface area contributed by atoms with Crippen LogP contribution in [0.4, 0.5) is 0 Å². The molecule has 35 heavy (non-hydrogen) atoms. The topological polar surface area (TPSA) is 40.5 Å². The zero-order valence-electron chi connectivity index (χ0n) is 23.8. The Hall–Kier alpha value is -0.340. The van der Waals surface area contributed by atoms with Gasteiger partial charge in [0.15, 0.2) is 0 Å². The number of aliphatic hydroxyl groups is 2. The van der Waals surface area contributed by atoms with Crippen LogP contribution in [0.1, 0.15) is 130 Å². The zero-order chi connectivity index (χ0) is 25.4. The fraction of sp³-hybridized carbons (Fsp3) is 0.939. The van der Waals surface area contributed by atoms with Crippen molar-refractivity contribution in [3.63, 3.8) is 0 Å². The number of rotatable bonds is 13. The van der Waals surface area contributed by atoms with Crippen LogP contribution in [0.5, 0.6) is 0 Å². The molecule has 7 atom stereocenters. The maximum atomic E-state index is 11.7. The summed E-state index contributed by atoms with van der Waals surface area (Å²) in [4.78, 5) is 0. The molecule has 3 saturated carbocycles. The third-order valence-corrected chi connectivity index (χ3v) is 11.0. The van der Waals surface area contributed by atoms with Crippen LogP contribution in [0.3, 0.4) is 0 Å². The van der Waals surface area contributed by atoms with Gasteiger partial charge < -0.3 is 10.2 Å². The maximum Gasteiger partial charge on any atom is 0.0577 e. The summed E-state index contributed by atoms with van der Waals surface area (Å²) in [5.74, 6) is 5.86. The van der Waals surface area contributed by atoms with Crippen molar-refractivity contribution in [3.05, 3.63) is 12.7 Å². The van der Waals surface area contributed by atoms with Crippen LogP contribution < -0.4 is 0 Å². The van der Waals surface area contributed by atoms with E-state index in [9.17, 15) is 10.2 Å². The van der Waals surface area contributed by atoms with Crippen molar-refractivity contribution in [2.24, 2.45) is 53.3 Å². The van der Waals surface area contributed by atoms with Crippen LogP contribution in [-0.4, -0.2) is 22.4 Å². The predicted octanol–water partition coefficient (Wildman–Crippen LogP) is 8.80. The molecule has 0 heterocycles. The van der Waals surface area contributed by atoms with Gasteiger partial charge in [-0.2, -0.15) is 0 Å². The minimum absolute atomic E-state index is 0.216. The van der Waals surface area contributed by atoms with E-state index in [4.69, 9.17) is 0 Å². The summed E-state index contributed by atoms with van der Waals surface area (Å²) in [6.07, 6.45) is 21.7. The minimum atomic E-state index is -0.222. The second kappa shape index (κ2) is 14.6. The Morgan fingerprint density at radius 2 is 1.46 bits per heavy atom. The van der Waals surface area contributed by atoms with Gasteiger partial charge in [-0.25, -0.2) is 0 Å². The molecule has 0 bridgehead atoms. The van der Waals surface area contributed by atoms with Crippen molar-refractivity contribution in [2.45, 2.75) is 143 Å². The first-order chi connectivity index (χ1) is 16.9. The van der Waals surface area contributed by atoms with E-state index in [-0.39, 0.29) is 18.1 Å². The normalized spacial score (nSPS) is 38.7. The fourth-order valence-electron chi connectivity index (χ4n) is 9.08. The van der Waals surface area contributed by atoms with Crippen molar-refractivity contribution in [1.82, 2.24) is 0 Å². The molecule has 0 aliphatic heterocycles. The lowest BCUT2D eigenvalue weighted by Crippen LogP contribution is -2.40. The van der Waals surface area contributed by atoms with Gasteiger partial charge in [-0.3, -0.25) is 0 Å². The molecule has 0 radical (unpaired) electrons. The lowest BCUT2D eigenvalue weighted by Gasteiger charge is -2.45. The van der Waals surface area contributed by atoms with Crippen molar-refractivity contribution in [2.75, 3.05) is 0 Å². The van der Waals surface area contributed by atoms with E-state index < -0.39 is 0 Å². The molecule has 3 aliphatic rings. The highest BCUT2D eigenvalue weighted by Crippen LogP contribution is 2.49. The molecule has 2 nitrogen and oxygen atoms in total. The molecule has 0 saturated heterocycles. The van der Waals surface area contributed by atoms with Gasteiger partial charge in [-0.1, -0.05) is 91.6 Å². The van der Waals surface area contributed by atoms with E-state index in [0.717, 1.165) is 49.4 Å². The average molecular weight is 489 g/mol. The van der Waals surface area contributed by atoms with Crippen molar-refractivity contribution < 1.29 is 10.2 Å². The number of allylic oxidation sites excluding steroid dienone is 1. The second-order valence-corrected chi connectivity index (χ2v) is 13.2. The van der Waals surface area contributed by atoms with Gasteiger partial charge in [0.05, 0.1) is 12.2 Å². The van der Waals surface area contributed by atoms with E-state index in [1.807, 2.05) is 0 Å². The Morgan fingerprint density at radius 3 is 2.00 bits per heavy atom. The van der Waals surface area contributed by atoms with Crippen molar-refractivity contribution in [1.29, 1.82) is 0 Å². The first-order valence-corrected chi connectivity index (χ1v) is 15.9. The maximum absolute atomic E-state index is 11.7. The van der Waals surface area contributed by atoms with Crippen LogP contribution in [0.15, 0.2) is 12.7 Å². The molecule has 0 spiro atoms. The van der Waals surface area contributed by atoms with Crippen LogP contribution in [0.2, 0.25) is 0 Å². The molecule has 0 aromatic carbocycles. The Labute approximate surface area is 218 Å². The molecule has 3 fully saturated rings. The molecule has 0 aromatic heterocycles. The number of hydrogen-bond acceptors (Lipinski definition) is 2. The minimum Gasteiger partial charge on any atom is -0.393 e. The van der Waals surface area contributed by atoms with Gasteiger partial charge in [0.2, 0.25) is 0 Å². The highest BCUT2D eigenvalue weighted by molar-refractivity contribution is 4.99. The Kier molecular flexibility index (Phi) is 12.2. The standard InChI is InChI=1S/C33H60O2/c1-6-10-24-14-18-26(19-15-24)33(25-16-12-23(5)13-17-25)29(9-4)31(34)21-20-30-28(8-3)27(11-7-2)22-32(30)35/h8,23-35H,3,6-7,9-22H2,1-2,4-5H3/t23?,24?,25?,26?,27?,28-,29+,30?,31?,32+,33?/m1/s1. The van der Waals surface area contributed by atoms with Gasteiger partial charge in [-0.05, 0) is 98.2 Å². The number of aliphatic hydroxyl groups excluding tert-OH is 2. The summed E-state index contributed by atoms with van der Waals surface area (Å²) >= 11 is 0. The average Bonchev–Trinajstić information content (AvgIpc) is 3.16. The van der Waals surface area contributed by atoms with Gasteiger partial charge >= 0.3 is 0 Å². The summed E-state index contributed by atoms with van der Waals surface area (Å²) < 4.78 is 0. The molecule has 3 rings (SSSR count). The van der Waals surface area contributed by atoms with Gasteiger partial charge in [0, 0.05) is 0 Å². The predicted molar refractivity (Wildman–Crippen MR) is 150 cm³/mol. The second-order valence-electron chi connectivity index (χ2n) is 13.2. The summed E-state index contributed by atoms with van der Waals surface area (Å²) in [5, 5.41) is 22.6. The van der Waals surface area contributed by atoms with E-state index >= 15 is 0 Å². The van der Waals surface area contributed by atoms with E-state index in [1.165, 1.54) is 77.0 Å². The molecule has 0 aromatic rings. The fourth-order valence-corrected chi connectivity index (χ4v) is 9.08. The molecule has 0 amide bonds. The van der Waals surface area contributed by atoms with Crippen molar-refractivity contribution in [3.8, 4) is 0 Å². The molecule has 204 valence electrons. The first-order valence-electron chi connectivity index (χ1n) is 15.9. The van der Waals surface area contributed by atoms with Crippen molar-refractivity contribution >= 4 is 0 Å². The smallest absolute Gasteiger partial charge is 0.0577 e. The largest absolute Gasteiger partial charge is 0.393 e. The molecule has 4 unspecified atom stereocenters. The monoisotopic (exact) mass is 488 g/mol. The molecular formula is C33H60O2. The Morgan fingerprint density at radius 1 is 0.857 bits per heavy atom. The number of hydrogen-bond donors (Lipinski definition) is 2. The lowest BCUT2D eigenvalue weighted by atomic mass is 9.61. The SMILES string of the molecule is C=C[C@@H]1C(CCC)C[C@H](O)C1CCC(O)[C@H](CC)C(C1CCC(C)CC1)C1CCC(CCC)CC1. The van der Waals surface area contributed by atoms with Crippen LogP contribution >= 0.6 is 0 Å². The van der Waals surface area contributed by atoms with E-state index in [1.54, 1.807) is 0 Å². The Bertz CT molecular complexity index is 586. The third kappa shape index (κ3) is 7.59. The Balaban J connectivity index is 1.68. The first kappa shape index (κ1) is 29.2. The molecule has 2 heteroatoms. The van der Waals surface area contributed by atoms with E-state index in [0.29, 0.717) is 23.7 Å². The van der Waals surface area contributed by atoms with E-state index in [2.05, 4.69) is 40.3 Å². The summed E-state index contributed by atoms with van der Waals surface area (Å²) in [7, 11) is 0. The summed E-state index contributed by atoms with van der Waals surface area (Å²) in [5.41, 5.74) is 0. The zero-order valence-corrected chi connectivity index (χ0v) is 23.8. The summed E-state index contributed by atoms with van der Waals surface area (Å²) in [6.45, 7) is 13.5. The molecule has 2 N–H and O–H groups in total. The van der Waals surface area contributed by atoms with Crippen LogP contribution in [0.25, 0.3) is 0 Å². The lowest BCUT2D eigenvalue weighted by molar-refractivity contribution is -0.0146. The highest BCUT2D eigenvalue weighted by atomic mass is 16.3. The highest BCUT2D eigenvalue weighted by Gasteiger charge is 2.43. The van der Waals surface area contributed by atoms with Gasteiger partial charge in [0.1, 0.15) is 0 Å². The van der Waals surface area contributed by atoms with Gasteiger partial charge in [0.25, 0.3) is 0 Å². The van der Waals surface area contributed by atoms with Crippen LogP contribution in [-0.2, 0) is 0 Å². The molecule has 3 aliphatic carbocycles. The quantitative estimate of drug-likeness (QED) is 0.254. The van der Waals surface area contributed by atoms with Crippen LogP contribution in [0, 0.1) is 53.3 Å².